The van der Waals surface area contributed by atoms with Crippen LogP contribution in [-0.4, -0.2) is 25.4 Å². The Kier molecular flexibility index (Phi) is 10.6. The van der Waals surface area contributed by atoms with Gasteiger partial charge in [-0.2, -0.15) is 0 Å². The maximum absolute atomic E-state index is 5.60. The normalized spacial score (nSPS) is 13.9. The molecule has 0 spiro atoms. The summed E-state index contributed by atoms with van der Waals surface area (Å²) in [6.07, 6.45) is 3.71. The zero-order chi connectivity index (χ0) is 14.7. The van der Waals surface area contributed by atoms with E-state index in [1.165, 1.54) is 0 Å². The molecule has 0 aromatic heterocycles. The van der Waals surface area contributed by atoms with E-state index in [-0.39, 0.29) is 12.2 Å². The molecule has 0 saturated heterocycles. The second-order valence-corrected chi connectivity index (χ2v) is 4.95. The fourth-order valence-corrected chi connectivity index (χ4v) is 1.68. The third kappa shape index (κ3) is 10.8. The molecule has 0 bridgehead atoms. The quantitative estimate of drug-likeness (QED) is 0.491. The molecule has 19 heavy (non-hydrogen) atoms. The van der Waals surface area contributed by atoms with Gasteiger partial charge in [-0.25, -0.2) is 0 Å². The van der Waals surface area contributed by atoms with E-state index in [1.807, 2.05) is 13.8 Å². The fraction of sp³-hybridized carbons (Fsp3) is 0.750. The van der Waals surface area contributed by atoms with Gasteiger partial charge in [-0.3, -0.25) is 0 Å². The molecule has 0 aliphatic rings. The molecule has 0 aromatic carbocycles. The van der Waals surface area contributed by atoms with Crippen molar-refractivity contribution in [1.29, 1.82) is 0 Å². The Morgan fingerprint density at radius 3 is 1.53 bits per heavy atom. The minimum absolute atomic E-state index is 0.133. The summed E-state index contributed by atoms with van der Waals surface area (Å²) in [4.78, 5) is 0. The van der Waals surface area contributed by atoms with Gasteiger partial charge in [-0.05, 0) is 26.7 Å². The van der Waals surface area contributed by atoms with Crippen LogP contribution in [0.1, 0.15) is 53.4 Å². The van der Waals surface area contributed by atoms with Crippen LogP contribution in [0.4, 0.5) is 0 Å². The first-order valence-corrected chi connectivity index (χ1v) is 7.26. The van der Waals surface area contributed by atoms with E-state index < -0.39 is 0 Å². The second kappa shape index (κ2) is 11.1. The summed E-state index contributed by atoms with van der Waals surface area (Å²) in [7, 11) is 0. The van der Waals surface area contributed by atoms with Crippen LogP contribution >= 0.6 is 0 Å². The topological polar surface area (TPSA) is 27.7 Å². The maximum atomic E-state index is 5.60. The molecule has 0 aliphatic carbocycles. The predicted octanol–water partition coefficient (Wildman–Crippen LogP) is 4.44. The molecule has 0 aromatic rings. The van der Waals surface area contributed by atoms with Crippen LogP contribution in [0, 0.1) is 0 Å². The molecule has 2 unspecified atom stereocenters. The van der Waals surface area contributed by atoms with Crippen LogP contribution in [0.2, 0.25) is 0 Å². The van der Waals surface area contributed by atoms with Gasteiger partial charge in [0.2, 0.25) is 0 Å². The molecule has 3 nitrogen and oxygen atoms in total. The van der Waals surface area contributed by atoms with Gasteiger partial charge >= 0.3 is 0 Å². The van der Waals surface area contributed by atoms with Gasteiger partial charge in [0.1, 0.15) is 0 Å². The monoisotopic (exact) mass is 270 g/mol. The van der Waals surface area contributed by atoms with E-state index in [4.69, 9.17) is 14.2 Å². The Morgan fingerprint density at radius 1 is 0.842 bits per heavy atom. The van der Waals surface area contributed by atoms with Crippen molar-refractivity contribution >= 4 is 0 Å². The number of hydrogen-bond acceptors (Lipinski definition) is 3. The Bertz CT molecular complexity index is 235. The lowest BCUT2D eigenvalue weighted by Gasteiger charge is -2.18. The van der Waals surface area contributed by atoms with E-state index in [1.54, 1.807) is 0 Å². The number of hydrogen-bond donors (Lipinski definition) is 0. The SMILES string of the molecule is C=C(CC(C)OCCC)OC(=C)CC(C)OCCC. The first kappa shape index (κ1) is 18.2. The minimum atomic E-state index is 0.133. The van der Waals surface area contributed by atoms with Crippen molar-refractivity contribution in [3.63, 3.8) is 0 Å². The van der Waals surface area contributed by atoms with E-state index >= 15 is 0 Å². The van der Waals surface area contributed by atoms with E-state index in [0.717, 1.165) is 26.1 Å². The van der Waals surface area contributed by atoms with E-state index in [0.29, 0.717) is 24.4 Å². The average molecular weight is 270 g/mol. The average Bonchev–Trinajstić information content (AvgIpc) is 2.33. The lowest BCUT2D eigenvalue weighted by Crippen LogP contribution is -2.13. The molecule has 0 radical (unpaired) electrons. The second-order valence-electron chi connectivity index (χ2n) is 4.95. The van der Waals surface area contributed by atoms with Gasteiger partial charge in [-0.15, -0.1) is 0 Å². The lowest BCUT2D eigenvalue weighted by molar-refractivity contribution is 0.0480. The van der Waals surface area contributed by atoms with Gasteiger partial charge in [0, 0.05) is 26.1 Å². The molecule has 3 heteroatoms. The van der Waals surface area contributed by atoms with Gasteiger partial charge in [-0.1, -0.05) is 27.0 Å². The van der Waals surface area contributed by atoms with E-state index in [2.05, 4.69) is 27.0 Å². The van der Waals surface area contributed by atoms with Gasteiger partial charge in [0.15, 0.2) is 0 Å². The smallest absolute Gasteiger partial charge is 0.0990 e. The highest BCUT2D eigenvalue weighted by Gasteiger charge is 2.09. The summed E-state index contributed by atoms with van der Waals surface area (Å²) >= 11 is 0. The van der Waals surface area contributed by atoms with Crippen molar-refractivity contribution in [3.8, 4) is 0 Å². The zero-order valence-electron chi connectivity index (χ0n) is 13.0. The summed E-state index contributed by atoms with van der Waals surface area (Å²) in [5.41, 5.74) is 0. The Hall–Kier alpha value is -0.800. The molecule has 0 N–H and O–H groups in total. The van der Waals surface area contributed by atoms with Crippen LogP contribution < -0.4 is 0 Å². The van der Waals surface area contributed by atoms with Crippen molar-refractivity contribution in [2.45, 2.75) is 65.6 Å². The molecule has 112 valence electrons. The molecule has 0 fully saturated rings. The van der Waals surface area contributed by atoms with Crippen LogP contribution in [0.15, 0.2) is 24.7 Å². The van der Waals surface area contributed by atoms with Crippen molar-refractivity contribution in [2.24, 2.45) is 0 Å². The Labute approximate surface area is 118 Å². The molecule has 0 heterocycles. The van der Waals surface area contributed by atoms with Crippen LogP contribution in [0.25, 0.3) is 0 Å². The number of rotatable bonds is 12. The highest BCUT2D eigenvalue weighted by atomic mass is 16.5. The maximum Gasteiger partial charge on any atom is 0.0990 e. The lowest BCUT2D eigenvalue weighted by atomic mass is 10.2. The van der Waals surface area contributed by atoms with Crippen molar-refractivity contribution < 1.29 is 14.2 Å². The minimum Gasteiger partial charge on any atom is -0.467 e. The zero-order valence-corrected chi connectivity index (χ0v) is 13.0. The Morgan fingerprint density at radius 2 is 1.21 bits per heavy atom. The van der Waals surface area contributed by atoms with E-state index in [9.17, 15) is 0 Å². The van der Waals surface area contributed by atoms with Gasteiger partial charge in [0.05, 0.1) is 23.7 Å². The third-order valence-corrected chi connectivity index (χ3v) is 2.53. The highest BCUT2D eigenvalue weighted by molar-refractivity contribution is 4.95. The highest BCUT2D eigenvalue weighted by Crippen LogP contribution is 2.16. The largest absolute Gasteiger partial charge is 0.467 e. The molecular weight excluding hydrogens is 240 g/mol. The van der Waals surface area contributed by atoms with Crippen molar-refractivity contribution in [2.75, 3.05) is 13.2 Å². The number of ether oxygens (including phenoxy) is 3. The molecule has 2 atom stereocenters. The molecule has 0 rings (SSSR count). The van der Waals surface area contributed by atoms with Crippen molar-refractivity contribution in [1.82, 2.24) is 0 Å². The van der Waals surface area contributed by atoms with Gasteiger partial charge < -0.3 is 14.2 Å². The van der Waals surface area contributed by atoms with Gasteiger partial charge in [0.25, 0.3) is 0 Å². The fourth-order valence-electron chi connectivity index (χ4n) is 1.68. The summed E-state index contributed by atoms with van der Waals surface area (Å²) in [5.74, 6) is 1.41. The molecule has 0 saturated carbocycles. The summed E-state index contributed by atoms with van der Waals surface area (Å²) in [5, 5.41) is 0. The molecule has 0 aliphatic heterocycles. The first-order chi connectivity index (χ1) is 8.99. The third-order valence-electron chi connectivity index (χ3n) is 2.53. The molecular formula is C16H30O3. The predicted molar refractivity (Wildman–Crippen MR) is 80.0 cm³/mol. The first-order valence-electron chi connectivity index (χ1n) is 7.26. The van der Waals surface area contributed by atoms with Crippen molar-refractivity contribution in [3.05, 3.63) is 24.7 Å². The van der Waals surface area contributed by atoms with Crippen LogP contribution in [0.3, 0.4) is 0 Å². The summed E-state index contributed by atoms with van der Waals surface area (Å²) in [6, 6.07) is 0. The Balaban J connectivity index is 3.82. The summed E-state index contributed by atoms with van der Waals surface area (Å²) < 4.78 is 16.8. The summed E-state index contributed by atoms with van der Waals surface area (Å²) in [6.45, 7) is 17.6. The van der Waals surface area contributed by atoms with Crippen LogP contribution in [0.5, 0.6) is 0 Å². The molecule has 0 amide bonds. The van der Waals surface area contributed by atoms with Crippen LogP contribution in [-0.2, 0) is 14.2 Å². The standard InChI is InChI=1S/C16H30O3/c1-7-9-17-13(3)11-15(5)19-16(6)12-14(4)18-10-8-2/h13-14H,5-12H2,1-4H3.